The van der Waals surface area contributed by atoms with Crippen LogP contribution in [0.25, 0.3) is 33.4 Å². The molecule has 7 nitrogen and oxygen atoms in total. The zero-order valence-corrected chi connectivity index (χ0v) is 15.8. The van der Waals surface area contributed by atoms with Gasteiger partial charge in [-0.1, -0.05) is 12.1 Å². The standard InChI is InChI=1S/C22H21N5O2/c28-17-5-8-27(13-17)12-14-1-2-16-10-21(24-19(16)9-14)18-11-20(25-26-22(18)29)15-3-6-23-7-4-15/h1-4,6-7,9-11,17,24,28H,5,8,12-13H2,(H,26,29). The molecule has 0 amide bonds. The molecule has 3 aromatic heterocycles. The average Bonchev–Trinajstić information content (AvgIpc) is 3.34. The van der Waals surface area contributed by atoms with E-state index in [1.807, 2.05) is 18.2 Å². The summed E-state index contributed by atoms with van der Waals surface area (Å²) in [7, 11) is 0. The van der Waals surface area contributed by atoms with E-state index in [0.717, 1.165) is 48.2 Å². The van der Waals surface area contributed by atoms with E-state index < -0.39 is 0 Å². The molecule has 1 aliphatic rings. The topological polar surface area (TPSA) is 97.9 Å². The van der Waals surface area contributed by atoms with Crippen molar-refractivity contribution in [1.29, 1.82) is 0 Å². The summed E-state index contributed by atoms with van der Waals surface area (Å²) in [6.45, 7) is 2.45. The fourth-order valence-corrected chi connectivity index (χ4v) is 3.91. The molecular formula is C22H21N5O2. The first-order valence-corrected chi connectivity index (χ1v) is 9.68. The van der Waals surface area contributed by atoms with E-state index in [2.05, 4.69) is 43.3 Å². The maximum absolute atomic E-state index is 12.4. The number of β-amino-alcohol motifs (C(OH)–C–C–N with tert-alkyl or cyclic N) is 1. The minimum Gasteiger partial charge on any atom is -0.392 e. The smallest absolute Gasteiger partial charge is 0.273 e. The number of hydrogen-bond donors (Lipinski definition) is 3. The first-order chi connectivity index (χ1) is 14.2. The number of aliphatic hydroxyl groups excluding tert-OH is 1. The van der Waals surface area contributed by atoms with Crippen LogP contribution >= 0.6 is 0 Å². The highest BCUT2D eigenvalue weighted by atomic mass is 16.3. The number of pyridine rings is 1. The highest BCUT2D eigenvalue weighted by Gasteiger charge is 2.20. The summed E-state index contributed by atoms with van der Waals surface area (Å²) >= 11 is 0. The number of aromatic amines is 2. The first kappa shape index (κ1) is 17.8. The summed E-state index contributed by atoms with van der Waals surface area (Å²) in [6, 6.07) is 13.8. The zero-order chi connectivity index (χ0) is 19.8. The number of hydrogen-bond acceptors (Lipinski definition) is 5. The summed E-state index contributed by atoms with van der Waals surface area (Å²) < 4.78 is 0. The number of aliphatic hydroxyl groups is 1. The fraction of sp³-hybridized carbons (Fsp3) is 0.227. The molecule has 5 rings (SSSR count). The van der Waals surface area contributed by atoms with Crippen molar-refractivity contribution in [1.82, 2.24) is 25.1 Å². The lowest BCUT2D eigenvalue weighted by Crippen LogP contribution is -2.21. The molecule has 0 bridgehead atoms. The molecule has 1 unspecified atom stereocenters. The maximum atomic E-state index is 12.4. The quantitative estimate of drug-likeness (QED) is 0.500. The van der Waals surface area contributed by atoms with Gasteiger partial charge in [0, 0.05) is 48.5 Å². The lowest BCUT2D eigenvalue weighted by atomic mass is 10.1. The van der Waals surface area contributed by atoms with Crippen LogP contribution in [0.15, 0.2) is 59.7 Å². The van der Waals surface area contributed by atoms with Gasteiger partial charge in [0.05, 0.1) is 23.1 Å². The Kier molecular flexibility index (Phi) is 4.46. The van der Waals surface area contributed by atoms with Crippen LogP contribution in [0.1, 0.15) is 12.0 Å². The third kappa shape index (κ3) is 3.57. The molecule has 1 saturated heterocycles. The number of aromatic nitrogens is 4. The summed E-state index contributed by atoms with van der Waals surface area (Å²) in [5.74, 6) is 0. The van der Waals surface area contributed by atoms with Crippen molar-refractivity contribution in [3.63, 3.8) is 0 Å². The van der Waals surface area contributed by atoms with Crippen LogP contribution in [0.5, 0.6) is 0 Å². The Bertz CT molecular complexity index is 1210. The molecule has 4 heterocycles. The molecule has 3 N–H and O–H groups in total. The number of H-pyrrole nitrogens is 2. The van der Waals surface area contributed by atoms with Crippen molar-refractivity contribution < 1.29 is 5.11 Å². The van der Waals surface area contributed by atoms with Gasteiger partial charge in [0.15, 0.2) is 0 Å². The molecule has 0 aliphatic carbocycles. The summed E-state index contributed by atoms with van der Waals surface area (Å²) in [6.07, 6.45) is 4.01. The van der Waals surface area contributed by atoms with Crippen molar-refractivity contribution in [3.8, 4) is 22.5 Å². The molecule has 7 heteroatoms. The predicted octanol–water partition coefficient (Wildman–Crippen LogP) is 2.55. The van der Waals surface area contributed by atoms with E-state index in [-0.39, 0.29) is 11.7 Å². The Morgan fingerprint density at radius 1 is 1.14 bits per heavy atom. The Balaban J connectivity index is 1.48. The summed E-state index contributed by atoms with van der Waals surface area (Å²) in [5, 5.41) is 17.5. The first-order valence-electron chi connectivity index (χ1n) is 9.68. The molecule has 1 aromatic carbocycles. The average molecular weight is 387 g/mol. The van der Waals surface area contributed by atoms with Crippen LogP contribution in [-0.4, -0.2) is 49.4 Å². The second-order valence-electron chi connectivity index (χ2n) is 7.51. The second kappa shape index (κ2) is 7.27. The zero-order valence-electron chi connectivity index (χ0n) is 15.8. The lowest BCUT2D eigenvalue weighted by molar-refractivity contribution is 0.175. The van der Waals surface area contributed by atoms with Gasteiger partial charge in [-0.15, -0.1) is 0 Å². The van der Waals surface area contributed by atoms with Crippen LogP contribution in [0.4, 0.5) is 0 Å². The van der Waals surface area contributed by atoms with Gasteiger partial charge in [0.25, 0.3) is 5.56 Å². The van der Waals surface area contributed by atoms with Gasteiger partial charge >= 0.3 is 0 Å². The second-order valence-corrected chi connectivity index (χ2v) is 7.51. The van der Waals surface area contributed by atoms with Crippen LogP contribution in [0.2, 0.25) is 0 Å². The molecule has 1 atom stereocenters. The van der Waals surface area contributed by atoms with Gasteiger partial charge in [0.2, 0.25) is 0 Å². The molecule has 0 saturated carbocycles. The van der Waals surface area contributed by atoms with Crippen molar-refractivity contribution in [3.05, 3.63) is 70.8 Å². The Labute approximate surface area is 167 Å². The third-order valence-corrected chi connectivity index (χ3v) is 5.41. The molecule has 1 aliphatic heterocycles. The van der Waals surface area contributed by atoms with E-state index in [9.17, 15) is 9.90 Å². The monoisotopic (exact) mass is 387 g/mol. The van der Waals surface area contributed by atoms with E-state index in [0.29, 0.717) is 11.3 Å². The van der Waals surface area contributed by atoms with E-state index >= 15 is 0 Å². The molecule has 4 aromatic rings. The van der Waals surface area contributed by atoms with Gasteiger partial charge < -0.3 is 10.1 Å². The third-order valence-electron chi connectivity index (χ3n) is 5.41. The Morgan fingerprint density at radius 2 is 2.00 bits per heavy atom. The summed E-state index contributed by atoms with van der Waals surface area (Å²) in [4.78, 5) is 22.1. The number of benzene rings is 1. The number of fused-ring (bicyclic) bond motifs is 1. The number of rotatable bonds is 4. The number of likely N-dealkylation sites (tertiary alicyclic amines) is 1. The molecule has 1 fully saturated rings. The van der Waals surface area contributed by atoms with Gasteiger partial charge in [-0.05, 0) is 42.3 Å². The van der Waals surface area contributed by atoms with Crippen molar-refractivity contribution >= 4 is 10.9 Å². The number of nitrogens with one attached hydrogen (secondary N) is 2. The van der Waals surface area contributed by atoms with Crippen molar-refractivity contribution in [2.75, 3.05) is 13.1 Å². The van der Waals surface area contributed by atoms with Crippen LogP contribution in [0, 0.1) is 0 Å². The van der Waals surface area contributed by atoms with Gasteiger partial charge in [-0.3, -0.25) is 14.7 Å². The molecule has 0 spiro atoms. The van der Waals surface area contributed by atoms with E-state index in [1.165, 1.54) is 5.56 Å². The minimum atomic E-state index is -0.236. The Morgan fingerprint density at radius 3 is 2.79 bits per heavy atom. The van der Waals surface area contributed by atoms with Crippen molar-refractivity contribution in [2.45, 2.75) is 19.1 Å². The van der Waals surface area contributed by atoms with Crippen LogP contribution in [0.3, 0.4) is 0 Å². The normalized spacial score (nSPS) is 17.2. The minimum absolute atomic E-state index is 0.219. The predicted molar refractivity (Wildman–Crippen MR) is 111 cm³/mol. The maximum Gasteiger partial charge on any atom is 0.273 e. The Hall–Kier alpha value is -3.29. The fourth-order valence-electron chi connectivity index (χ4n) is 3.91. The van der Waals surface area contributed by atoms with Crippen molar-refractivity contribution in [2.24, 2.45) is 0 Å². The lowest BCUT2D eigenvalue weighted by Gasteiger charge is -2.14. The SMILES string of the molecule is O=c1[nH]nc(-c2ccncc2)cc1-c1cc2ccc(CN3CCC(O)C3)cc2[nH]1. The molecule has 0 radical (unpaired) electrons. The highest BCUT2D eigenvalue weighted by Crippen LogP contribution is 2.26. The summed E-state index contributed by atoms with van der Waals surface area (Å²) in [5.41, 5.74) is 4.82. The highest BCUT2D eigenvalue weighted by molar-refractivity contribution is 5.86. The van der Waals surface area contributed by atoms with Gasteiger partial charge in [-0.25, -0.2) is 5.10 Å². The molecule has 29 heavy (non-hydrogen) atoms. The van der Waals surface area contributed by atoms with E-state index in [4.69, 9.17) is 0 Å². The molecular weight excluding hydrogens is 366 g/mol. The molecule has 146 valence electrons. The largest absolute Gasteiger partial charge is 0.392 e. The van der Waals surface area contributed by atoms with Crippen LogP contribution < -0.4 is 5.56 Å². The van der Waals surface area contributed by atoms with Crippen LogP contribution in [-0.2, 0) is 6.54 Å². The van der Waals surface area contributed by atoms with Gasteiger partial charge in [0.1, 0.15) is 0 Å². The van der Waals surface area contributed by atoms with E-state index in [1.54, 1.807) is 18.5 Å². The van der Waals surface area contributed by atoms with Gasteiger partial charge in [-0.2, -0.15) is 5.10 Å². The number of nitrogens with zero attached hydrogens (tertiary/aromatic N) is 3.